The third-order valence-electron chi connectivity index (χ3n) is 3.09. The van der Waals surface area contributed by atoms with Gasteiger partial charge >= 0.3 is 0 Å². The van der Waals surface area contributed by atoms with Gasteiger partial charge in [0.15, 0.2) is 0 Å². The zero-order chi connectivity index (χ0) is 11.3. The summed E-state index contributed by atoms with van der Waals surface area (Å²) < 4.78 is 0. The van der Waals surface area contributed by atoms with Crippen molar-refractivity contribution in [3.63, 3.8) is 0 Å². The highest BCUT2D eigenvalue weighted by Gasteiger charge is 2.22. The molecule has 1 aliphatic carbocycles. The monoisotopic (exact) mass is 212 g/mol. The highest BCUT2D eigenvalue weighted by atomic mass is 16.2. The van der Waals surface area contributed by atoms with Crippen molar-refractivity contribution in [1.29, 1.82) is 0 Å². The van der Waals surface area contributed by atoms with Crippen molar-refractivity contribution in [2.45, 2.75) is 71.0 Å². The van der Waals surface area contributed by atoms with E-state index in [0.29, 0.717) is 12.1 Å². The fraction of sp³-hybridized carbons (Fsp3) is 0.917. The predicted molar refractivity (Wildman–Crippen MR) is 62.7 cm³/mol. The quantitative estimate of drug-likeness (QED) is 0.705. The van der Waals surface area contributed by atoms with E-state index in [1.165, 1.54) is 19.3 Å². The van der Waals surface area contributed by atoms with Gasteiger partial charge in [-0.3, -0.25) is 4.79 Å². The van der Waals surface area contributed by atoms with Crippen LogP contribution in [-0.2, 0) is 4.79 Å². The third-order valence-corrected chi connectivity index (χ3v) is 3.09. The minimum atomic E-state index is -0.0467. The fourth-order valence-electron chi connectivity index (χ4n) is 1.88. The van der Waals surface area contributed by atoms with Gasteiger partial charge in [0.2, 0.25) is 5.91 Å². The Kier molecular flexibility index (Phi) is 5.09. The predicted octanol–water partition coefficient (Wildman–Crippen LogP) is 1.82. The molecule has 15 heavy (non-hydrogen) atoms. The Bertz CT molecular complexity index is 202. The van der Waals surface area contributed by atoms with Gasteiger partial charge in [-0.2, -0.15) is 0 Å². The van der Waals surface area contributed by atoms with Gasteiger partial charge in [-0.15, -0.1) is 0 Å². The van der Waals surface area contributed by atoms with Crippen LogP contribution in [0.15, 0.2) is 0 Å². The number of carbonyl (C=O) groups excluding carboxylic acids is 1. The summed E-state index contributed by atoms with van der Waals surface area (Å²) in [6, 6.07) is 0.829. The molecule has 3 heteroatoms. The Morgan fingerprint density at radius 1 is 1.40 bits per heavy atom. The Labute approximate surface area is 93.0 Å². The lowest BCUT2D eigenvalue weighted by Gasteiger charge is -2.30. The van der Waals surface area contributed by atoms with Crippen molar-refractivity contribution in [3.8, 4) is 0 Å². The molecule has 0 aliphatic heterocycles. The number of nitrogens with one attached hydrogen (secondary N) is 2. The first-order valence-corrected chi connectivity index (χ1v) is 6.20. The lowest BCUT2D eigenvalue weighted by atomic mass is 9.92. The van der Waals surface area contributed by atoms with Gasteiger partial charge < -0.3 is 10.6 Å². The molecule has 0 spiro atoms. The van der Waals surface area contributed by atoms with Crippen molar-refractivity contribution in [1.82, 2.24) is 10.6 Å². The van der Waals surface area contributed by atoms with E-state index >= 15 is 0 Å². The van der Waals surface area contributed by atoms with Gasteiger partial charge in [0.1, 0.15) is 0 Å². The normalized spacial score (nSPS) is 20.5. The molecule has 0 heterocycles. The Morgan fingerprint density at radius 3 is 2.53 bits per heavy atom. The summed E-state index contributed by atoms with van der Waals surface area (Å²) in [5.74, 6) is 0.142. The zero-order valence-corrected chi connectivity index (χ0v) is 10.2. The minimum absolute atomic E-state index is 0.0467. The molecule has 1 amide bonds. The summed E-state index contributed by atoms with van der Waals surface area (Å²) in [7, 11) is 0. The van der Waals surface area contributed by atoms with E-state index in [-0.39, 0.29) is 11.9 Å². The fourth-order valence-corrected chi connectivity index (χ4v) is 1.88. The summed E-state index contributed by atoms with van der Waals surface area (Å²) in [6.45, 7) is 6.16. The molecule has 1 rings (SSSR count). The van der Waals surface area contributed by atoms with Gasteiger partial charge in [0.05, 0.1) is 6.04 Å². The first-order valence-electron chi connectivity index (χ1n) is 6.20. The second kappa shape index (κ2) is 6.11. The van der Waals surface area contributed by atoms with Crippen molar-refractivity contribution in [2.75, 3.05) is 0 Å². The molecule has 0 aromatic rings. The second-order valence-electron chi connectivity index (χ2n) is 4.71. The molecule has 0 bridgehead atoms. The first kappa shape index (κ1) is 12.5. The molecule has 88 valence electrons. The number of hydrogen-bond acceptors (Lipinski definition) is 2. The van der Waals surface area contributed by atoms with Crippen LogP contribution in [0.4, 0.5) is 0 Å². The lowest BCUT2D eigenvalue weighted by molar-refractivity contribution is -0.123. The molecule has 0 aromatic heterocycles. The SMILES string of the molecule is CCCC(C)NC(=O)C(C)NC1CCC1. The van der Waals surface area contributed by atoms with Crippen molar-refractivity contribution < 1.29 is 4.79 Å². The molecule has 2 unspecified atom stereocenters. The number of hydrogen-bond donors (Lipinski definition) is 2. The maximum absolute atomic E-state index is 11.7. The number of rotatable bonds is 6. The maximum atomic E-state index is 11.7. The van der Waals surface area contributed by atoms with E-state index in [1.807, 2.05) is 6.92 Å². The van der Waals surface area contributed by atoms with Gasteiger partial charge in [-0.05, 0) is 33.1 Å². The zero-order valence-electron chi connectivity index (χ0n) is 10.2. The van der Waals surface area contributed by atoms with E-state index in [9.17, 15) is 4.79 Å². The van der Waals surface area contributed by atoms with E-state index in [2.05, 4.69) is 24.5 Å². The molecular formula is C12H24N2O. The van der Waals surface area contributed by atoms with Crippen LogP contribution in [0.25, 0.3) is 0 Å². The largest absolute Gasteiger partial charge is 0.352 e. The molecule has 2 N–H and O–H groups in total. The van der Waals surface area contributed by atoms with Crippen LogP contribution in [0.5, 0.6) is 0 Å². The third kappa shape index (κ3) is 4.20. The van der Waals surface area contributed by atoms with Crippen LogP contribution in [-0.4, -0.2) is 24.0 Å². The molecule has 0 radical (unpaired) electrons. The van der Waals surface area contributed by atoms with E-state index in [1.54, 1.807) is 0 Å². The van der Waals surface area contributed by atoms with Gasteiger partial charge in [-0.25, -0.2) is 0 Å². The van der Waals surface area contributed by atoms with E-state index < -0.39 is 0 Å². The molecule has 2 atom stereocenters. The average Bonchev–Trinajstić information content (AvgIpc) is 2.11. The molecular weight excluding hydrogens is 188 g/mol. The molecule has 3 nitrogen and oxygen atoms in total. The molecule has 1 saturated carbocycles. The minimum Gasteiger partial charge on any atom is -0.352 e. The lowest BCUT2D eigenvalue weighted by Crippen LogP contribution is -2.50. The summed E-state index contributed by atoms with van der Waals surface area (Å²) in [4.78, 5) is 11.7. The highest BCUT2D eigenvalue weighted by Crippen LogP contribution is 2.18. The van der Waals surface area contributed by atoms with Gasteiger partial charge in [-0.1, -0.05) is 19.8 Å². The summed E-state index contributed by atoms with van der Waals surface area (Å²) in [5.41, 5.74) is 0. The summed E-state index contributed by atoms with van der Waals surface area (Å²) in [5, 5.41) is 6.38. The van der Waals surface area contributed by atoms with Crippen LogP contribution in [0.2, 0.25) is 0 Å². The van der Waals surface area contributed by atoms with Crippen LogP contribution < -0.4 is 10.6 Å². The van der Waals surface area contributed by atoms with Crippen LogP contribution >= 0.6 is 0 Å². The average molecular weight is 212 g/mol. The Morgan fingerprint density at radius 2 is 2.07 bits per heavy atom. The number of carbonyl (C=O) groups is 1. The van der Waals surface area contributed by atoms with Crippen molar-refractivity contribution >= 4 is 5.91 Å². The standard InChI is InChI=1S/C12H24N2O/c1-4-6-9(2)13-12(15)10(3)14-11-7-5-8-11/h9-11,14H,4-8H2,1-3H3,(H,13,15). The smallest absolute Gasteiger partial charge is 0.237 e. The molecule has 1 fully saturated rings. The van der Waals surface area contributed by atoms with Crippen molar-refractivity contribution in [3.05, 3.63) is 0 Å². The second-order valence-corrected chi connectivity index (χ2v) is 4.71. The van der Waals surface area contributed by atoms with Gasteiger partial charge in [0, 0.05) is 12.1 Å². The van der Waals surface area contributed by atoms with E-state index in [4.69, 9.17) is 0 Å². The Hall–Kier alpha value is -0.570. The topological polar surface area (TPSA) is 41.1 Å². The van der Waals surface area contributed by atoms with Gasteiger partial charge in [0.25, 0.3) is 0 Å². The number of amides is 1. The van der Waals surface area contributed by atoms with Crippen LogP contribution in [0.1, 0.15) is 52.9 Å². The maximum Gasteiger partial charge on any atom is 0.237 e. The molecule has 0 aromatic carbocycles. The molecule has 1 aliphatic rings. The van der Waals surface area contributed by atoms with Crippen molar-refractivity contribution in [2.24, 2.45) is 0 Å². The summed E-state index contributed by atoms with van der Waals surface area (Å²) in [6.07, 6.45) is 5.93. The van der Waals surface area contributed by atoms with Crippen LogP contribution in [0.3, 0.4) is 0 Å². The summed E-state index contributed by atoms with van der Waals surface area (Å²) >= 11 is 0. The van der Waals surface area contributed by atoms with Crippen LogP contribution in [0, 0.1) is 0 Å². The first-order chi connectivity index (χ1) is 7.13. The highest BCUT2D eigenvalue weighted by molar-refractivity contribution is 5.81. The Balaban J connectivity index is 2.19. The molecule has 0 saturated heterocycles. The van der Waals surface area contributed by atoms with E-state index in [0.717, 1.165) is 12.8 Å².